The minimum absolute atomic E-state index is 0.0100. The highest BCUT2D eigenvalue weighted by molar-refractivity contribution is 7.99. The van der Waals surface area contributed by atoms with E-state index < -0.39 is 11.9 Å². The number of para-hydroxylation sites is 1. The first kappa shape index (κ1) is 22.4. The smallest absolute Gasteiger partial charge is 0.337 e. The van der Waals surface area contributed by atoms with Crippen molar-refractivity contribution in [2.75, 3.05) is 16.4 Å². The molecule has 158 valence electrons. The van der Waals surface area contributed by atoms with E-state index in [0.29, 0.717) is 22.0 Å². The third-order valence-electron chi connectivity index (χ3n) is 4.25. The summed E-state index contributed by atoms with van der Waals surface area (Å²) in [5, 5.41) is 15.3. The van der Waals surface area contributed by atoms with Gasteiger partial charge in [0.1, 0.15) is 0 Å². The number of rotatable bonds is 8. The van der Waals surface area contributed by atoms with Gasteiger partial charge in [0, 0.05) is 22.0 Å². The number of carboxylic acid groups (broad SMARTS) is 1. The minimum atomic E-state index is -1.12. The van der Waals surface area contributed by atoms with E-state index in [-0.39, 0.29) is 22.9 Å². The molecule has 3 N–H and O–H groups in total. The molecule has 0 fully saturated rings. The van der Waals surface area contributed by atoms with Crippen LogP contribution in [-0.2, 0) is 10.5 Å². The van der Waals surface area contributed by atoms with Crippen LogP contribution >= 0.6 is 23.4 Å². The Bertz CT molecular complexity index is 1090. The molecule has 31 heavy (non-hydrogen) atoms. The number of anilines is 2. The number of carboxylic acids is 1. The zero-order chi connectivity index (χ0) is 22.2. The fourth-order valence-corrected chi connectivity index (χ4v) is 3.63. The third kappa shape index (κ3) is 6.60. The normalized spacial score (nSPS) is 10.4. The predicted octanol–water partition coefficient (Wildman–Crippen LogP) is 5.16. The van der Waals surface area contributed by atoms with Crippen LogP contribution in [0.4, 0.5) is 11.4 Å². The monoisotopic (exact) mass is 454 g/mol. The maximum atomic E-state index is 12.4. The Kier molecular flexibility index (Phi) is 7.70. The second kappa shape index (κ2) is 10.7. The first-order chi connectivity index (χ1) is 14.9. The molecule has 0 saturated heterocycles. The van der Waals surface area contributed by atoms with Crippen molar-refractivity contribution in [3.05, 3.63) is 94.5 Å². The molecular weight excluding hydrogens is 436 g/mol. The Morgan fingerprint density at radius 2 is 1.55 bits per heavy atom. The van der Waals surface area contributed by atoms with Crippen LogP contribution in [0.1, 0.15) is 26.3 Å². The van der Waals surface area contributed by atoms with Crippen LogP contribution in [0, 0.1) is 0 Å². The Hall–Kier alpha value is -3.29. The van der Waals surface area contributed by atoms with Crippen molar-refractivity contribution in [3.63, 3.8) is 0 Å². The molecule has 3 aromatic carbocycles. The number of hydrogen-bond donors (Lipinski definition) is 3. The summed E-state index contributed by atoms with van der Waals surface area (Å²) >= 11 is 7.34. The lowest BCUT2D eigenvalue weighted by molar-refractivity contribution is -0.113. The predicted molar refractivity (Wildman–Crippen MR) is 124 cm³/mol. The molecule has 3 rings (SSSR count). The molecule has 0 bridgehead atoms. The second-order valence-electron chi connectivity index (χ2n) is 6.55. The summed E-state index contributed by atoms with van der Waals surface area (Å²) in [5.41, 5.74) is 2.22. The summed E-state index contributed by atoms with van der Waals surface area (Å²) in [6.07, 6.45) is 0. The minimum Gasteiger partial charge on any atom is -0.478 e. The highest BCUT2D eigenvalue weighted by atomic mass is 35.5. The van der Waals surface area contributed by atoms with E-state index in [1.165, 1.54) is 23.9 Å². The van der Waals surface area contributed by atoms with Gasteiger partial charge in [-0.2, -0.15) is 0 Å². The van der Waals surface area contributed by atoms with Gasteiger partial charge in [-0.25, -0.2) is 4.79 Å². The molecule has 0 aliphatic carbocycles. The molecule has 0 saturated carbocycles. The topological polar surface area (TPSA) is 95.5 Å². The fraction of sp³-hybridized carbons (Fsp3) is 0.0870. The summed E-state index contributed by atoms with van der Waals surface area (Å²) < 4.78 is 0. The van der Waals surface area contributed by atoms with Crippen molar-refractivity contribution in [2.45, 2.75) is 5.75 Å². The van der Waals surface area contributed by atoms with Crippen LogP contribution in [0.3, 0.4) is 0 Å². The standard InChI is InChI=1S/C23H19ClN2O4S/c24-17-9-5-15(6-10-17)13-31-14-21(27)25-18-11-7-16(8-12-18)22(28)26-20-4-2-1-3-19(20)23(29)30/h1-12H,13-14H2,(H,25,27)(H,26,28)(H,29,30). The highest BCUT2D eigenvalue weighted by Crippen LogP contribution is 2.18. The summed E-state index contributed by atoms with van der Waals surface area (Å²) in [4.78, 5) is 35.8. The van der Waals surface area contributed by atoms with Crippen molar-refractivity contribution in [1.29, 1.82) is 0 Å². The molecule has 3 aromatic rings. The Balaban J connectivity index is 1.51. The first-order valence-electron chi connectivity index (χ1n) is 9.28. The number of hydrogen-bond acceptors (Lipinski definition) is 4. The lowest BCUT2D eigenvalue weighted by Gasteiger charge is -2.09. The zero-order valence-electron chi connectivity index (χ0n) is 16.3. The van der Waals surface area contributed by atoms with Gasteiger partial charge in [0.15, 0.2) is 0 Å². The van der Waals surface area contributed by atoms with Crippen molar-refractivity contribution < 1.29 is 19.5 Å². The molecule has 2 amide bonds. The second-order valence-corrected chi connectivity index (χ2v) is 7.97. The van der Waals surface area contributed by atoms with E-state index in [9.17, 15) is 19.5 Å². The SMILES string of the molecule is O=C(CSCc1ccc(Cl)cc1)Nc1ccc(C(=O)Nc2ccccc2C(=O)O)cc1. The average molecular weight is 455 g/mol. The van der Waals surface area contributed by atoms with Crippen LogP contribution in [0.5, 0.6) is 0 Å². The molecule has 0 aromatic heterocycles. The van der Waals surface area contributed by atoms with E-state index in [2.05, 4.69) is 10.6 Å². The quantitative estimate of drug-likeness (QED) is 0.436. The van der Waals surface area contributed by atoms with E-state index >= 15 is 0 Å². The van der Waals surface area contributed by atoms with Gasteiger partial charge < -0.3 is 15.7 Å². The Morgan fingerprint density at radius 3 is 2.23 bits per heavy atom. The fourth-order valence-electron chi connectivity index (χ4n) is 2.72. The van der Waals surface area contributed by atoms with Gasteiger partial charge in [-0.3, -0.25) is 9.59 Å². The van der Waals surface area contributed by atoms with Crippen LogP contribution in [0.2, 0.25) is 5.02 Å². The number of halogens is 1. The Labute approximate surface area is 188 Å². The van der Waals surface area contributed by atoms with Crippen LogP contribution in [-0.4, -0.2) is 28.6 Å². The van der Waals surface area contributed by atoms with E-state index in [1.54, 1.807) is 36.4 Å². The maximum absolute atomic E-state index is 12.4. The largest absolute Gasteiger partial charge is 0.478 e. The number of carbonyl (C=O) groups is 3. The molecule has 0 unspecified atom stereocenters. The van der Waals surface area contributed by atoms with Crippen molar-refractivity contribution in [1.82, 2.24) is 0 Å². The zero-order valence-corrected chi connectivity index (χ0v) is 17.9. The van der Waals surface area contributed by atoms with Crippen LogP contribution in [0.25, 0.3) is 0 Å². The van der Waals surface area contributed by atoms with Gasteiger partial charge in [-0.1, -0.05) is 35.9 Å². The summed E-state index contributed by atoms with van der Waals surface area (Å²) in [5.74, 6) is -0.724. The van der Waals surface area contributed by atoms with Gasteiger partial charge >= 0.3 is 5.97 Å². The van der Waals surface area contributed by atoms with Crippen molar-refractivity contribution >= 4 is 52.5 Å². The van der Waals surface area contributed by atoms with E-state index in [1.807, 2.05) is 24.3 Å². The van der Waals surface area contributed by atoms with Crippen molar-refractivity contribution in [2.24, 2.45) is 0 Å². The number of benzene rings is 3. The highest BCUT2D eigenvalue weighted by Gasteiger charge is 2.13. The van der Waals surface area contributed by atoms with E-state index in [4.69, 9.17) is 11.6 Å². The molecule has 0 aliphatic rings. The number of carbonyl (C=O) groups excluding carboxylic acids is 2. The Morgan fingerprint density at radius 1 is 0.871 bits per heavy atom. The number of aromatic carboxylic acids is 1. The van der Waals surface area contributed by atoms with Crippen LogP contribution in [0.15, 0.2) is 72.8 Å². The number of thioether (sulfide) groups is 1. The summed E-state index contributed by atoms with van der Waals surface area (Å²) in [6.45, 7) is 0. The van der Waals surface area contributed by atoms with Gasteiger partial charge in [-0.15, -0.1) is 11.8 Å². The molecule has 0 spiro atoms. The van der Waals surface area contributed by atoms with Crippen molar-refractivity contribution in [3.8, 4) is 0 Å². The summed E-state index contributed by atoms with van der Waals surface area (Å²) in [6, 6.07) is 20.0. The third-order valence-corrected chi connectivity index (χ3v) is 5.51. The van der Waals surface area contributed by atoms with Gasteiger partial charge in [0.05, 0.1) is 17.0 Å². The van der Waals surface area contributed by atoms with Gasteiger partial charge in [0.2, 0.25) is 5.91 Å². The summed E-state index contributed by atoms with van der Waals surface area (Å²) in [7, 11) is 0. The van der Waals surface area contributed by atoms with Gasteiger partial charge in [-0.05, 0) is 54.1 Å². The molecule has 0 heterocycles. The molecular formula is C23H19ClN2O4S. The van der Waals surface area contributed by atoms with E-state index in [0.717, 1.165) is 5.56 Å². The molecule has 0 aliphatic heterocycles. The molecule has 6 nitrogen and oxygen atoms in total. The first-order valence-corrected chi connectivity index (χ1v) is 10.8. The molecule has 0 atom stereocenters. The lowest BCUT2D eigenvalue weighted by atomic mass is 10.1. The molecule has 0 radical (unpaired) electrons. The van der Waals surface area contributed by atoms with Crippen LogP contribution < -0.4 is 10.6 Å². The van der Waals surface area contributed by atoms with Gasteiger partial charge in [0.25, 0.3) is 5.91 Å². The number of amides is 2. The maximum Gasteiger partial charge on any atom is 0.337 e. The molecule has 8 heteroatoms. The number of nitrogens with one attached hydrogen (secondary N) is 2. The lowest BCUT2D eigenvalue weighted by Crippen LogP contribution is -2.16. The average Bonchev–Trinajstić information content (AvgIpc) is 2.76.